The molecule has 0 aliphatic heterocycles. The predicted octanol–water partition coefficient (Wildman–Crippen LogP) is 7.00. The van der Waals surface area contributed by atoms with Gasteiger partial charge >= 0.3 is 6.09 Å². The lowest BCUT2D eigenvalue weighted by molar-refractivity contribution is -0.143. The molecule has 0 fully saturated rings. The van der Waals surface area contributed by atoms with Gasteiger partial charge in [-0.1, -0.05) is 84.4 Å². The van der Waals surface area contributed by atoms with Crippen LogP contribution in [-0.4, -0.2) is 47.5 Å². The number of ether oxygens (including phenoxy) is 1. The van der Waals surface area contributed by atoms with Crippen molar-refractivity contribution in [3.8, 4) is 0 Å². The Kier molecular flexibility index (Phi) is 15.2. The van der Waals surface area contributed by atoms with Crippen LogP contribution in [0.2, 0.25) is 0 Å². The second kappa shape index (κ2) is 17.2. The van der Waals surface area contributed by atoms with Gasteiger partial charge in [0.25, 0.3) is 0 Å². The van der Waals surface area contributed by atoms with Crippen LogP contribution in [0.25, 0.3) is 0 Å². The summed E-state index contributed by atoms with van der Waals surface area (Å²) in [6.07, 6.45) is 7.46. The van der Waals surface area contributed by atoms with Crippen LogP contribution in [0.1, 0.15) is 123 Å². The molecule has 0 heterocycles. The van der Waals surface area contributed by atoms with Crippen molar-refractivity contribution in [1.29, 1.82) is 0 Å². The van der Waals surface area contributed by atoms with Crippen LogP contribution in [0.3, 0.4) is 0 Å². The second-order valence-electron chi connectivity index (χ2n) is 12.0. The SMILES string of the molecule is CCCCCCCN(C(=O)C(NC(=O)OC(C)(C)C)C(C)C)C(C(=O)NCCCCC)c1cccc(C)c1C. The van der Waals surface area contributed by atoms with E-state index in [0.29, 0.717) is 13.1 Å². The van der Waals surface area contributed by atoms with Crippen LogP contribution in [0.15, 0.2) is 18.2 Å². The van der Waals surface area contributed by atoms with Gasteiger partial charge in [0.15, 0.2) is 0 Å². The molecule has 1 aromatic rings. The molecule has 0 radical (unpaired) electrons. The zero-order valence-electron chi connectivity index (χ0n) is 26.1. The van der Waals surface area contributed by atoms with Crippen molar-refractivity contribution < 1.29 is 19.1 Å². The van der Waals surface area contributed by atoms with Crippen molar-refractivity contribution in [2.75, 3.05) is 13.1 Å². The Morgan fingerprint density at radius 2 is 1.54 bits per heavy atom. The number of carbonyl (C=O) groups is 3. The Morgan fingerprint density at radius 3 is 2.13 bits per heavy atom. The van der Waals surface area contributed by atoms with Crippen molar-refractivity contribution >= 4 is 17.9 Å². The maximum atomic E-state index is 14.3. The summed E-state index contributed by atoms with van der Waals surface area (Å²) >= 11 is 0. The minimum absolute atomic E-state index is 0.179. The maximum Gasteiger partial charge on any atom is 0.408 e. The van der Waals surface area contributed by atoms with E-state index < -0.39 is 23.8 Å². The van der Waals surface area contributed by atoms with E-state index in [1.54, 1.807) is 25.7 Å². The van der Waals surface area contributed by atoms with Crippen LogP contribution >= 0.6 is 0 Å². The number of nitrogens with zero attached hydrogens (tertiary/aromatic N) is 1. The maximum absolute atomic E-state index is 14.3. The molecule has 7 nitrogen and oxygen atoms in total. The van der Waals surface area contributed by atoms with Crippen molar-refractivity contribution in [3.63, 3.8) is 0 Å². The number of carbonyl (C=O) groups excluding carboxylic acids is 3. The summed E-state index contributed by atoms with van der Waals surface area (Å²) in [6, 6.07) is 4.30. The van der Waals surface area contributed by atoms with Crippen molar-refractivity contribution in [2.24, 2.45) is 5.92 Å². The zero-order valence-corrected chi connectivity index (χ0v) is 26.1. The smallest absolute Gasteiger partial charge is 0.408 e. The number of hydrogen-bond acceptors (Lipinski definition) is 4. The number of alkyl carbamates (subject to hydrolysis) is 1. The number of unbranched alkanes of at least 4 members (excludes halogenated alkanes) is 6. The lowest BCUT2D eigenvalue weighted by Crippen LogP contribution is -2.55. The molecule has 0 spiro atoms. The first-order valence-electron chi connectivity index (χ1n) is 15.0. The summed E-state index contributed by atoms with van der Waals surface area (Å²) in [5.74, 6) is -0.637. The van der Waals surface area contributed by atoms with Crippen LogP contribution in [0.4, 0.5) is 4.79 Å². The predicted molar refractivity (Wildman–Crippen MR) is 160 cm³/mol. The van der Waals surface area contributed by atoms with Gasteiger partial charge < -0.3 is 20.3 Å². The number of rotatable bonds is 16. The summed E-state index contributed by atoms with van der Waals surface area (Å²) in [5, 5.41) is 5.92. The average Bonchev–Trinajstić information content (AvgIpc) is 2.85. The van der Waals surface area contributed by atoms with Gasteiger partial charge in [-0.15, -0.1) is 0 Å². The Bertz CT molecular complexity index is 907. The molecule has 0 saturated carbocycles. The van der Waals surface area contributed by atoms with Gasteiger partial charge in [-0.25, -0.2) is 4.79 Å². The highest BCUT2D eigenvalue weighted by atomic mass is 16.6. The molecule has 1 rings (SSSR count). The summed E-state index contributed by atoms with van der Waals surface area (Å²) in [6.45, 7) is 18.5. The third kappa shape index (κ3) is 12.0. The first-order chi connectivity index (χ1) is 18.3. The molecular weight excluding hydrogens is 490 g/mol. The third-order valence-corrected chi connectivity index (χ3v) is 6.97. The van der Waals surface area contributed by atoms with Gasteiger partial charge in [-0.2, -0.15) is 0 Å². The first kappa shape index (κ1) is 34.5. The van der Waals surface area contributed by atoms with Gasteiger partial charge in [-0.05, 0) is 70.1 Å². The molecule has 0 aromatic heterocycles. The molecule has 2 unspecified atom stereocenters. The normalized spacial score (nSPS) is 13.1. The van der Waals surface area contributed by atoms with Gasteiger partial charge in [-0.3, -0.25) is 9.59 Å². The highest BCUT2D eigenvalue weighted by molar-refractivity contribution is 5.92. The summed E-state index contributed by atoms with van der Waals surface area (Å²) in [7, 11) is 0. The van der Waals surface area contributed by atoms with Crippen LogP contribution in [-0.2, 0) is 14.3 Å². The number of hydrogen-bond donors (Lipinski definition) is 2. The number of nitrogens with one attached hydrogen (secondary N) is 2. The number of amides is 3. The lowest BCUT2D eigenvalue weighted by Gasteiger charge is -2.36. The van der Waals surface area contributed by atoms with Gasteiger partial charge in [0.05, 0.1) is 0 Å². The minimum Gasteiger partial charge on any atom is -0.444 e. The topological polar surface area (TPSA) is 87.7 Å². The monoisotopic (exact) mass is 545 g/mol. The highest BCUT2D eigenvalue weighted by Crippen LogP contribution is 2.28. The Labute approximate surface area is 237 Å². The molecule has 7 heteroatoms. The molecule has 0 aliphatic carbocycles. The summed E-state index contributed by atoms with van der Waals surface area (Å²) < 4.78 is 5.48. The Balaban J connectivity index is 3.48. The molecule has 0 saturated heterocycles. The van der Waals surface area contributed by atoms with Gasteiger partial charge in [0, 0.05) is 13.1 Å². The quantitative estimate of drug-likeness (QED) is 0.219. The summed E-state index contributed by atoms with van der Waals surface area (Å²) in [4.78, 5) is 42.5. The zero-order chi connectivity index (χ0) is 29.6. The van der Waals surface area contributed by atoms with E-state index in [1.165, 1.54) is 0 Å². The lowest BCUT2D eigenvalue weighted by atomic mass is 9.93. The molecule has 1 aromatic carbocycles. The third-order valence-electron chi connectivity index (χ3n) is 6.97. The first-order valence-corrected chi connectivity index (χ1v) is 15.0. The van der Waals surface area contributed by atoms with E-state index in [-0.39, 0.29) is 17.7 Å². The molecule has 39 heavy (non-hydrogen) atoms. The molecule has 0 bridgehead atoms. The molecule has 222 valence electrons. The average molecular weight is 546 g/mol. The Hall–Kier alpha value is -2.57. The molecule has 0 aliphatic rings. The van der Waals surface area contributed by atoms with Crippen LogP contribution in [0, 0.1) is 19.8 Å². The van der Waals surface area contributed by atoms with Crippen LogP contribution in [0.5, 0.6) is 0 Å². The van der Waals surface area contributed by atoms with E-state index in [2.05, 4.69) is 24.5 Å². The van der Waals surface area contributed by atoms with Gasteiger partial charge in [0.1, 0.15) is 17.7 Å². The van der Waals surface area contributed by atoms with E-state index in [9.17, 15) is 14.4 Å². The molecule has 2 atom stereocenters. The van der Waals surface area contributed by atoms with Crippen molar-refractivity contribution in [3.05, 3.63) is 34.9 Å². The van der Waals surface area contributed by atoms with Crippen molar-refractivity contribution in [1.82, 2.24) is 15.5 Å². The molecule has 3 amide bonds. The fourth-order valence-corrected chi connectivity index (χ4v) is 4.58. The fraction of sp³-hybridized carbons (Fsp3) is 0.719. The van der Waals surface area contributed by atoms with E-state index in [1.807, 2.05) is 45.9 Å². The van der Waals surface area contributed by atoms with E-state index >= 15 is 0 Å². The number of aryl methyl sites for hydroxylation is 1. The standard InChI is InChI=1S/C32H55N3O4/c1-10-12-14-15-17-22-35(30(37)27(23(3)4)34-31(38)39-32(7,8)9)28(29(36)33-21-16-13-11-2)26-20-18-19-24(5)25(26)6/h18-20,23,27-28H,10-17,21-22H2,1-9H3,(H,33,36)(H,34,38). The van der Waals surface area contributed by atoms with Crippen LogP contribution < -0.4 is 10.6 Å². The largest absolute Gasteiger partial charge is 0.444 e. The number of benzene rings is 1. The van der Waals surface area contributed by atoms with E-state index in [4.69, 9.17) is 4.74 Å². The second-order valence-corrected chi connectivity index (χ2v) is 12.0. The fourth-order valence-electron chi connectivity index (χ4n) is 4.58. The van der Waals surface area contributed by atoms with Crippen molar-refractivity contribution in [2.45, 2.75) is 131 Å². The minimum atomic E-state index is -0.823. The summed E-state index contributed by atoms with van der Waals surface area (Å²) in [5.41, 5.74) is 2.20. The highest BCUT2D eigenvalue weighted by Gasteiger charge is 2.37. The van der Waals surface area contributed by atoms with Gasteiger partial charge in [0.2, 0.25) is 11.8 Å². The molecule has 2 N–H and O–H groups in total. The Morgan fingerprint density at radius 1 is 0.923 bits per heavy atom. The van der Waals surface area contributed by atoms with E-state index in [0.717, 1.165) is 68.1 Å². The molecular formula is C32H55N3O4.